The first kappa shape index (κ1) is 21.6. The Morgan fingerprint density at radius 3 is 2.48 bits per heavy atom. The van der Waals surface area contributed by atoms with Crippen molar-refractivity contribution in [2.24, 2.45) is 0 Å². The van der Waals surface area contributed by atoms with Gasteiger partial charge in [0.05, 0.1) is 17.6 Å². The average Bonchev–Trinajstić information content (AvgIpc) is 3.18. The third kappa shape index (κ3) is 5.16. The molecule has 1 atom stereocenters. The van der Waals surface area contributed by atoms with Gasteiger partial charge in [-0.3, -0.25) is 4.90 Å². The first-order valence-electron chi connectivity index (χ1n) is 8.78. The third-order valence-electron chi connectivity index (χ3n) is 4.53. The fourth-order valence-corrected chi connectivity index (χ4v) is 5.02. The highest BCUT2D eigenvalue weighted by Gasteiger charge is 2.23. The molecule has 0 fully saturated rings. The molecule has 1 aromatic carbocycles. The molecule has 1 aromatic heterocycles. The summed E-state index contributed by atoms with van der Waals surface area (Å²) >= 11 is 1.60. The molecule has 27 heavy (non-hydrogen) atoms. The molecule has 0 spiro atoms. The Morgan fingerprint density at radius 1 is 1.26 bits per heavy atom. The first-order chi connectivity index (χ1) is 12.8. The number of likely N-dealkylation sites (N-methyl/N-ethyl adjacent to an activating group) is 1. The zero-order valence-electron chi connectivity index (χ0n) is 16.1. The van der Waals surface area contributed by atoms with E-state index in [-0.39, 0.29) is 17.5 Å². The third-order valence-corrected chi connectivity index (χ3v) is 6.82. The highest BCUT2D eigenvalue weighted by Crippen LogP contribution is 2.24. The number of ether oxygens (including phenoxy) is 1. The standard InChI is InChI=1S/C19H26N2O4S2/c1-5-21(6-2)17(16-9-10-26-13-16)12-20-27(23,24)18-8-7-15(11-14(18)3)19(22)25-4/h7-11,13,17,20H,5-6,12H2,1-4H3. The van der Waals surface area contributed by atoms with Gasteiger partial charge in [0.25, 0.3) is 0 Å². The molecular formula is C19H26N2O4S2. The molecule has 0 saturated carbocycles. The average molecular weight is 411 g/mol. The SMILES string of the molecule is CCN(CC)C(CNS(=O)(=O)c1ccc(C(=O)OC)cc1C)c1ccsc1. The number of esters is 1. The van der Waals surface area contributed by atoms with Gasteiger partial charge in [0.1, 0.15) is 0 Å². The number of aryl methyl sites for hydroxylation is 1. The second-order valence-corrected chi connectivity index (χ2v) is 8.63. The van der Waals surface area contributed by atoms with Crippen LogP contribution >= 0.6 is 11.3 Å². The van der Waals surface area contributed by atoms with Crippen molar-refractivity contribution in [2.45, 2.75) is 31.7 Å². The number of nitrogens with one attached hydrogen (secondary N) is 1. The van der Waals surface area contributed by atoms with Gasteiger partial charge in [0.2, 0.25) is 10.0 Å². The summed E-state index contributed by atoms with van der Waals surface area (Å²) in [5, 5.41) is 4.05. The van der Waals surface area contributed by atoms with Gasteiger partial charge in [0, 0.05) is 12.6 Å². The summed E-state index contributed by atoms with van der Waals surface area (Å²) in [6, 6.07) is 6.44. The van der Waals surface area contributed by atoms with Crippen LogP contribution in [0.5, 0.6) is 0 Å². The number of sulfonamides is 1. The number of benzene rings is 1. The van der Waals surface area contributed by atoms with Gasteiger partial charge < -0.3 is 4.74 Å². The van der Waals surface area contributed by atoms with Crippen LogP contribution in [-0.4, -0.2) is 46.0 Å². The van der Waals surface area contributed by atoms with Crippen LogP contribution in [0.4, 0.5) is 0 Å². The zero-order valence-corrected chi connectivity index (χ0v) is 17.7. The predicted octanol–water partition coefficient (Wildman–Crippen LogP) is 3.20. The Balaban J connectivity index is 2.23. The van der Waals surface area contributed by atoms with E-state index in [0.29, 0.717) is 11.1 Å². The smallest absolute Gasteiger partial charge is 0.337 e. The molecule has 2 aromatic rings. The summed E-state index contributed by atoms with van der Waals surface area (Å²) in [6.45, 7) is 7.72. The van der Waals surface area contributed by atoms with E-state index in [1.54, 1.807) is 18.3 Å². The Labute approximate surface area is 165 Å². The van der Waals surface area contributed by atoms with E-state index in [9.17, 15) is 13.2 Å². The maximum Gasteiger partial charge on any atom is 0.337 e. The van der Waals surface area contributed by atoms with Crippen LogP contribution in [0.15, 0.2) is 39.9 Å². The summed E-state index contributed by atoms with van der Waals surface area (Å²) in [6.07, 6.45) is 0. The fraction of sp³-hybridized carbons (Fsp3) is 0.421. The Bertz CT molecular complexity index is 860. The van der Waals surface area contributed by atoms with Gasteiger partial charge in [-0.25, -0.2) is 17.9 Å². The van der Waals surface area contributed by atoms with Crippen LogP contribution in [0.3, 0.4) is 0 Å². The monoisotopic (exact) mass is 410 g/mol. The number of rotatable bonds is 9. The molecule has 1 unspecified atom stereocenters. The van der Waals surface area contributed by atoms with Gasteiger partial charge in [0.15, 0.2) is 0 Å². The summed E-state index contributed by atoms with van der Waals surface area (Å²) < 4.78 is 33.1. The fourth-order valence-electron chi connectivity index (χ4n) is 3.05. The normalized spacial score (nSPS) is 12.9. The van der Waals surface area contributed by atoms with Crippen molar-refractivity contribution in [1.29, 1.82) is 0 Å². The highest BCUT2D eigenvalue weighted by molar-refractivity contribution is 7.89. The second kappa shape index (κ2) is 9.45. The minimum absolute atomic E-state index is 0.0318. The molecule has 148 valence electrons. The van der Waals surface area contributed by atoms with Crippen LogP contribution in [0, 0.1) is 6.92 Å². The van der Waals surface area contributed by atoms with Crippen molar-refractivity contribution in [2.75, 3.05) is 26.7 Å². The Hall–Kier alpha value is -1.74. The quantitative estimate of drug-likeness (QED) is 0.643. The van der Waals surface area contributed by atoms with E-state index in [0.717, 1.165) is 18.7 Å². The molecule has 0 amide bonds. The number of thiophene rings is 1. The van der Waals surface area contributed by atoms with Crippen LogP contribution in [-0.2, 0) is 14.8 Å². The molecule has 0 aliphatic heterocycles. The van der Waals surface area contributed by atoms with E-state index in [2.05, 4.69) is 28.2 Å². The van der Waals surface area contributed by atoms with Crippen molar-refractivity contribution in [3.8, 4) is 0 Å². The number of nitrogens with zero attached hydrogens (tertiary/aromatic N) is 1. The van der Waals surface area contributed by atoms with Gasteiger partial charge >= 0.3 is 5.97 Å². The van der Waals surface area contributed by atoms with Gasteiger partial charge in [-0.1, -0.05) is 13.8 Å². The Kier molecular flexibility index (Phi) is 7.55. The number of methoxy groups -OCH3 is 1. The van der Waals surface area contributed by atoms with Crippen LogP contribution in [0.25, 0.3) is 0 Å². The van der Waals surface area contributed by atoms with Crippen LogP contribution < -0.4 is 4.72 Å². The van der Waals surface area contributed by atoms with E-state index in [1.807, 2.05) is 16.8 Å². The minimum atomic E-state index is -3.70. The zero-order chi connectivity index (χ0) is 20.0. The highest BCUT2D eigenvalue weighted by atomic mass is 32.2. The molecule has 0 aliphatic carbocycles. The lowest BCUT2D eigenvalue weighted by Crippen LogP contribution is -2.38. The van der Waals surface area contributed by atoms with E-state index in [4.69, 9.17) is 0 Å². The predicted molar refractivity (Wildman–Crippen MR) is 108 cm³/mol. The first-order valence-corrected chi connectivity index (χ1v) is 11.2. The lowest BCUT2D eigenvalue weighted by molar-refractivity contribution is 0.0600. The van der Waals surface area contributed by atoms with E-state index in [1.165, 1.54) is 25.3 Å². The van der Waals surface area contributed by atoms with Gasteiger partial charge in [-0.2, -0.15) is 11.3 Å². The second-order valence-electron chi connectivity index (χ2n) is 6.12. The lowest BCUT2D eigenvalue weighted by atomic mass is 10.1. The summed E-state index contributed by atoms with van der Waals surface area (Å²) in [5.74, 6) is -0.492. The number of carbonyl (C=O) groups excluding carboxylic acids is 1. The molecule has 0 bridgehead atoms. The van der Waals surface area contributed by atoms with Crippen molar-refractivity contribution in [3.05, 3.63) is 51.7 Å². The van der Waals surface area contributed by atoms with Gasteiger partial charge in [-0.05, 0) is 66.2 Å². The van der Waals surface area contributed by atoms with E-state index >= 15 is 0 Å². The van der Waals surface area contributed by atoms with E-state index < -0.39 is 16.0 Å². The number of hydrogen-bond acceptors (Lipinski definition) is 6. The molecule has 0 radical (unpaired) electrons. The van der Waals surface area contributed by atoms with Crippen molar-refractivity contribution < 1.29 is 17.9 Å². The molecule has 0 aliphatic rings. The van der Waals surface area contributed by atoms with Crippen molar-refractivity contribution in [3.63, 3.8) is 0 Å². The van der Waals surface area contributed by atoms with Crippen molar-refractivity contribution in [1.82, 2.24) is 9.62 Å². The molecule has 8 heteroatoms. The molecular weight excluding hydrogens is 384 g/mol. The Morgan fingerprint density at radius 2 is 1.96 bits per heavy atom. The summed E-state index contributed by atoms with van der Waals surface area (Å²) in [5.41, 5.74) is 1.93. The largest absolute Gasteiger partial charge is 0.465 e. The topological polar surface area (TPSA) is 75.7 Å². The lowest BCUT2D eigenvalue weighted by Gasteiger charge is -2.29. The van der Waals surface area contributed by atoms with Gasteiger partial charge in [-0.15, -0.1) is 0 Å². The minimum Gasteiger partial charge on any atom is -0.465 e. The number of hydrogen-bond donors (Lipinski definition) is 1. The molecule has 2 rings (SSSR count). The van der Waals surface area contributed by atoms with Crippen LogP contribution in [0.2, 0.25) is 0 Å². The summed E-state index contributed by atoms with van der Waals surface area (Å²) in [4.78, 5) is 14.0. The molecule has 1 heterocycles. The number of carbonyl (C=O) groups is 1. The maximum atomic E-state index is 12.8. The van der Waals surface area contributed by atoms with Crippen LogP contribution in [0.1, 0.15) is 41.4 Å². The maximum absolute atomic E-state index is 12.8. The van der Waals surface area contributed by atoms with Crippen molar-refractivity contribution >= 4 is 27.3 Å². The molecule has 1 N–H and O–H groups in total. The summed E-state index contributed by atoms with van der Waals surface area (Å²) in [7, 11) is -2.41. The molecule has 6 nitrogen and oxygen atoms in total. The molecule has 0 saturated heterocycles.